The van der Waals surface area contributed by atoms with Crippen LogP contribution in [0.2, 0.25) is 0 Å². The molecule has 2 nitrogen and oxygen atoms in total. The molecule has 1 aliphatic carbocycles. The largest absolute Gasteiger partial charge is 0.303 e. The lowest BCUT2D eigenvalue weighted by molar-refractivity contribution is -0.112. The summed E-state index contributed by atoms with van der Waals surface area (Å²) in [5.74, 6) is 0.308. The molecule has 0 unspecified atom stereocenters. The summed E-state index contributed by atoms with van der Waals surface area (Å²) in [6.45, 7) is 0. The van der Waals surface area contributed by atoms with Crippen LogP contribution in [0.5, 0.6) is 0 Å². The Morgan fingerprint density at radius 2 is 2.30 bits per heavy atom. The van der Waals surface area contributed by atoms with Crippen molar-refractivity contribution in [1.82, 2.24) is 0 Å². The van der Waals surface area contributed by atoms with Crippen LogP contribution in [0, 0.1) is 23.2 Å². The maximum Gasteiger partial charge on any atom is 0.123 e. The molecule has 0 amide bonds. The van der Waals surface area contributed by atoms with Crippen molar-refractivity contribution in [2.45, 2.75) is 25.7 Å². The first-order valence-electron chi connectivity index (χ1n) is 3.71. The molecule has 0 radical (unpaired) electrons. The predicted molar refractivity (Wildman–Crippen MR) is 37.1 cm³/mol. The number of nitrogens with zero attached hydrogens (tertiary/aromatic N) is 1. The van der Waals surface area contributed by atoms with Gasteiger partial charge >= 0.3 is 0 Å². The fourth-order valence-corrected chi connectivity index (χ4v) is 1.47. The molecule has 10 heavy (non-hydrogen) atoms. The third-order valence-electron chi connectivity index (χ3n) is 2.09. The molecule has 0 N–H and O–H groups in total. The van der Waals surface area contributed by atoms with E-state index >= 15 is 0 Å². The average molecular weight is 137 g/mol. The van der Waals surface area contributed by atoms with E-state index < -0.39 is 0 Å². The normalized spacial score (nSPS) is 32.7. The zero-order valence-corrected chi connectivity index (χ0v) is 5.92. The number of aldehydes is 1. The summed E-state index contributed by atoms with van der Waals surface area (Å²) in [5.41, 5.74) is 0. The number of rotatable bonds is 1. The quantitative estimate of drug-likeness (QED) is 0.514. The second-order valence-electron chi connectivity index (χ2n) is 2.89. The van der Waals surface area contributed by atoms with Crippen molar-refractivity contribution < 1.29 is 4.79 Å². The standard InChI is InChI=1S/C8H11NO/c9-5-7-2-1-3-8(4-7)6-10/h6-8H,1-4H2/t7-,8-/m0/s1. The summed E-state index contributed by atoms with van der Waals surface area (Å²) in [7, 11) is 0. The molecule has 0 spiro atoms. The predicted octanol–water partition coefficient (Wildman–Crippen LogP) is 1.52. The van der Waals surface area contributed by atoms with Crippen LogP contribution in [0.25, 0.3) is 0 Å². The third-order valence-corrected chi connectivity index (χ3v) is 2.09. The summed E-state index contributed by atoms with van der Waals surface area (Å²) in [6.07, 6.45) is 4.80. The maximum absolute atomic E-state index is 10.3. The summed E-state index contributed by atoms with van der Waals surface area (Å²) in [5, 5.41) is 8.54. The van der Waals surface area contributed by atoms with Crippen LogP contribution in [0.4, 0.5) is 0 Å². The summed E-state index contributed by atoms with van der Waals surface area (Å²) in [4.78, 5) is 10.3. The van der Waals surface area contributed by atoms with Crippen molar-refractivity contribution in [1.29, 1.82) is 5.26 Å². The second-order valence-corrected chi connectivity index (χ2v) is 2.89. The minimum atomic E-state index is 0.143. The highest BCUT2D eigenvalue weighted by Crippen LogP contribution is 2.26. The van der Waals surface area contributed by atoms with Crippen molar-refractivity contribution in [2.24, 2.45) is 11.8 Å². The number of hydrogen-bond donors (Lipinski definition) is 0. The molecular weight excluding hydrogens is 126 g/mol. The van der Waals surface area contributed by atoms with E-state index in [-0.39, 0.29) is 11.8 Å². The van der Waals surface area contributed by atoms with Gasteiger partial charge in [0.2, 0.25) is 0 Å². The fourth-order valence-electron chi connectivity index (χ4n) is 1.47. The Morgan fingerprint density at radius 1 is 1.50 bits per heavy atom. The fraction of sp³-hybridized carbons (Fsp3) is 0.750. The van der Waals surface area contributed by atoms with Crippen molar-refractivity contribution in [3.63, 3.8) is 0 Å². The molecule has 0 bridgehead atoms. The Balaban J connectivity index is 2.40. The van der Waals surface area contributed by atoms with Crippen LogP contribution in [-0.2, 0) is 4.79 Å². The molecule has 1 aliphatic rings. The van der Waals surface area contributed by atoms with Crippen LogP contribution < -0.4 is 0 Å². The van der Waals surface area contributed by atoms with E-state index in [2.05, 4.69) is 6.07 Å². The van der Waals surface area contributed by atoms with Gasteiger partial charge in [-0.2, -0.15) is 5.26 Å². The molecule has 1 saturated carbocycles. The van der Waals surface area contributed by atoms with Crippen LogP contribution in [0.15, 0.2) is 0 Å². The SMILES string of the molecule is N#C[C@H]1CCC[C@H](C=O)C1. The second kappa shape index (κ2) is 3.36. The monoisotopic (exact) mass is 137 g/mol. The highest BCUT2D eigenvalue weighted by atomic mass is 16.1. The number of carbonyl (C=O) groups is 1. The minimum Gasteiger partial charge on any atom is -0.303 e. The maximum atomic E-state index is 10.3. The summed E-state index contributed by atoms with van der Waals surface area (Å²) in [6, 6.07) is 2.21. The average Bonchev–Trinajstić information content (AvgIpc) is 2.05. The molecule has 2 atom stereocenters. The Hall–Kier alpha value is -0.840. The molecule has 0 aromatic carbocycles. The van der Waals surface area contributed by atoms with Crippen LogP contribution in [-0.4, -0.2) is 6.29 Å². The summed E-state index contributed by atoms with van der Waals surface area (Å²) < 4.78 is 0. The first-order valence-corrected chi connectivity index (χ1v) is 3.71. The van der Waals surface area contributed by atoms with Gasteiger partial charge in [0.15, 0.2) is 0 Å². The molecule has 0 aromatic heterocycles. The molecule has 2 heteroatoms. The van der Waals surface area contributed by atoms with E-state index in [0.29, 0.717) is 0 Å². The van der Waals surface area contributed by atoms with E-state index in [4.69, 9.17) is 5.26 Å². The molecule has 54 valence electrons. The molecule has 1 fully saturated rings. The summed E-state index contributed by atoms with van der Waals surface area (Å²) >= 11 is 0. The van der Waals surface area contributed by atoms with Gasteiger partial charge < -0.3 is 4.79 Å². The van der Waals surface area contributed by atoms with Gasteiger partial charge in [-0.1, -0.05) is 6.42 Å². The van der Waals surface area contributed by atoms with Crippen molar-refractivity contribution >= 4 is 6.29 Å². The Labute approximate surface area is 60.8 Å². The van der Waals surface area contributed by atoms with Crippen LogP contribution in [0.3, 0.4) is 0 Å². The van der Waals surface area contributed by atoms with Crippen molar-refractivity contribution in [2.75, 3.05) is 0 Å². The van der Waals surface area contributed by atoms with Crippen molar-refractivity contribution in [3.8, 4) is 6.07 Å². The van der Waals surface area contributed by atoms with E-state index in [1.807, 2.05) is 0 Å². The molecule has 0 aliphatic heterocycles. The van der Waals surface area contributed by atoms with Crippen LogP contribution in [0.1, 0.15) is 25.7 Å². The zero-order valence-electron chi connectivity index (χ0n) is 5.92. The number of hydrogen-bond acceptors (Lipinski definition) is 2. The third kappa shape index (κ3) is 1.57. The van der Waals surface area contributed by atoms with Crippen molar-refractivity contribution in [3.05, 3.63) is 0 Å². The highest BCUT2D eigenvalue weighted by molar-refractivity contribution is 5.53. The number of carbonyl (C=O) groups excluding carboxylic acids is 1. The molecule has 0 heterocycles. The topological polar surface area (TPSA) is 40.9 Å². The Bertz CT molecular complexity index is 159. The van der Waals surface area contributed by atoms with E-state index in [1.54, 1.807) is 0 Å². The van der Waals surface area contributed by atoms with Gasteiger partial charge in [-0.05, 0) is 19.3 Å². The van der Waals surface area contributed by atoms with Gasteiger partial charge in [-0.25, -0.2) is 0 Å². The Morgan fingerprint density at radius 3 is 2.90 bits per heavy atom. The molecular formula is C8H11NO. The molecule has 0 aromatic rings. The smallest absolute Gasteiger partial charge is 0.123 e. The first-order chi connectivity index (χ1) is 4.86. The lowest BCUT2D eigenvalue weighted by atomic mass is 9.83. The van der Waals surface area contributed by atoms with Gasteiger partial charge in [0.1, 0.15) is 6.29 Å². The number of nitriles is 1. The van der Waals surface area contributed by atoms with Gasteiger partial charge in [0.05, 0.1) is 6.07 Å². The van der Waals surface area contributed by atoms with E-state index in [1.165, 1.54) is 0 Å². The lowest BCUT2D eigenvalue weighted by Gasteiger charge is -2.19. The van der Waals surface area contributed by atoms with Gasteiger partial charge in [-0.15, -0.1) is 0 Å². The van der Waals surface area contributed by atoms with E-state index in [0.717, 1.165) is 32.0 Å². The Kier molecular flexibility index (Phi) is 2.44. The lowest BCUT2D eigenvalue weighted by Crippen LogP contribution is -2.14. The highest BCUT2D eigenvalue weighted by Gasteiger charge is 2.20. The minimum absolute atomic E-state index is 0.143. The van der Waals surface area contributed by atoms with E-state index in [9.17, 15) is 4.79 Å². The van der Waals surface area contributed by atoms with Gasteiger partial charge in [0, 0.05) is 11.8 Å². The first kappa shape index (κ1) is 7.27. The van der Waals surface area contributed by atoms with Gasteiger partial charge in [-0.3, -0.25) is 0 Å². The zero-order chi connectivity index (χ0) is 7.40. The molecule has 0 saturated heterocycles. The van der Waals surface area contributed by atoms with Crippen LogP contribution >= 0.6 is 0 Å². The molecule has 1 rings (SSSR count). The van der Waals surface area contributed by atoms with Gasteiger partial charge in [0.25, 0.3) is 0 Å².